The SMILES string of the molecule is CCCC1NCC(c2cccs2)NC1=O. The summed E-state index contributed by atoms with van der Waals surface area (Å²) in [6.45, 7) is 2.94. The van der Waals surface area contributed by atoms with Crippen LogP contribution in [0.4, 0.5) is 0 Å². The highest BCUT2D eigenvalue weighted by molar-refractivity contribution is 7.10. The maximum Gasteiger partial charge on any atom is 0.237 e. The Morgan fingerprint density at radius 3 is 3.07 bits per heavy atom. The molecule has 15 heavy (non-hydrogen) atoms. The maximum atomic E-state index is 11.7. The van der Waals surface area contributed by atoms with E-state index in [1.165, 1.54) is 4.88 Å². The summed E-state index contributed by atoms with van der Waals surface area (Å²) in [7, 11) is 0. The van der Waals surface area contributed by atoms with E-state index in [0.717, 1.165) is 19.4 Å². The molecule has 2 rings (SSSR count). The fraction of sp³-hybridized carbons (Fsp3) is 0.545. The highest BCUT2D eigenvalue weighted by atomic mass is 32.1. The van der Waals surface area contributed by atoms with Crippen LogP contribution in [0.5, 0.6) is 0 Å². The van der Waals surface area contributed by atoms with Crippen molar-refractivity contribution in [2.45, 2.75) is 31.8 Å². The predicted molar refractivity (Wildman–Crippen MR) is 61.9 cm³/mol. The Labute approximate surface area is 93.9 Å². The van der Waals surface area contributed by atoms with Gasteiger partial charge in [-0.1, -0.05) is 19.4 Å². The average Bonchev–Trinajstić information content (AvgIpc) is 2.74. The lowest BCUT2D eigenvalue weighted by molar-refractivity contribution is -0.125. The number of carbonyl (C=O) groups is 1. The lowest BCUT2D eigenvalue weighted by Gasteiger charge is -2.29. The first-order valence-electron chi connectivity index (χ1n) is 5.38. The molecular weight excluding hydrogens is 208 g/mol. The monoisotopic (exact) mass is 224 g/mol. The van der Waals surface area contributed by atoms with E-state index in [4.69, 9.17) is 0 Å². The van der Waals surface area contributed by atoms with E-state index in [0.29, 0.717) is 0 Å². The first-order valence-corrected chi connectivity index (χ1v) is 6.26. The minimum atomic E-state index is 0.00575. The van der Waals surface area contributed by atoms with Crippen LogP contribution in [-0.2, 0) is 4.79 Å². The van der Waals surface area contributed by atoms with Gasteiger partial charge in [-0.2, -0.15) is 0 Å². The van der Waals surface area contributed by atoms with Crippen LogP contribution in [0, 0.1) is 0 Å². The topological polar surface area (TPSA) is 41.1 Å². The van der Waals surface area contributed by atoms with Crippen LogP contribution in [0.2, 0.25) is 0 Å². The molecule has 1 aliphatic heterocycles. The van der Waals surface area contributed by atoms with Crippen LogP contribution in [-0.4, -0.2) is 18.5 Å². The van der Waals surface area contributed by atoms with Crippen LogP contribution in [0.15, 0.2) is 17.5 Å². The van der Waals surface area contributed by atoms with Crippen molar-refractivity contribution in [2.75, 3.05) is 6.54 Å². The van der Waals surface area contributed by atoms with E-state index in [1.54, 1.807) is 11.3 Å². The molecule has 1 saturated heterocycles. The molecule has 0 radical (unpaired) electrons. The second kappa shape index (κ2) is 4.77. The number of hydrogen-bond donors (Lipinski definition) is 2. The molecule has 1 amide bonds. The normalized spacial score (nSPS) is 26.3. The van der Waals surface area contributed by atoms with Gasteiger partial charge in [-0.05, 0) is 17.9 Å². The van der Waals surface area contributed by atoms with Crippen molar-refractivity contribution >= 4 is 17.2 Å². The molecule has 1 fully saturated rings. The lowest BCUT2D eigenvalue weighted by atomic mass is 10.1. The molecule has 0 bridgehead atoms. The lowest BCUT2D eigenvalue weighted by Crippen LogP contribution is -2.54. The van der Waals surface area contributed by atoms with Gasteiger partial charge < -0.3 is 10.6 Å². The maximum absolute atomic E-state index is 11.7. The fourth-order valence-electron chi connectivity index (χ4n) is 1.86. The quantitative estimate of drug-likeness (QED) is 0.820. The minimum Gasteiger partial charge on any atom is -0.346 e. The van der Waals surface area contributed by atoms with Crippen LogP contribution in [0.3, 0.4) is 0 Å². The molecule has 1 aromatic rings. The molecule has 0 saturated carbocycles. The Bertz CT molecular complexity index is 323. The van der Waals surface area contributed by atoms with E-state index >= 15 is 0 Å². The first kappa shape index (κ1) is 10.6. The van der Waals surface area contributed by atoms with Crippen molar-refractivity contribution in [3.05, 3.63) is 22.4 Å². The van der Waals surface area contributed by atoms with E-state index in [2.05, 4.69) is 23.6 Å². The second-order valence-electron chi connectivity index (χ2n) is 3.83. The van der Waals surface area contributed by atoms with Crippen LogP contribution in [0.1, 0.15) is 30.7 Å². The summed E-state index contributed by atoms with van der Waals surface area (Å²) in [5.74, 6) is 0.140. The van der Waals surface area contributed by atoms with Crippen molar-refractivity contribution in [1.82, 2.24) is 10.6 Å². The van der Waals surface area contributed by atoms with E-state index in [9.17, 15) is 4.79 Å². The zero-order valence-corrected chi connectivity index (χ0v) is 9.64. The molecule has 82 valence electrons. The molecule has 2 N–H and O–H groups in total. The number of hydrogen-bond acceptors (Lipinski definition) is 3. The number of thiophene rings is 1. The molecule has 0 aliphatic carbocycles. The molecule has 3 nitrogen and oxygen atoms in total. The highest BCUT2D eigenvalue weighted by Crippen LogP contribution is 2.20. The van der Waals surface area contributed by atoms with Crippen LogP contribution < -0.4 is 10.6 Å². The number of rotatable bonds is 3. The van der Waals surface area contributed by atoms with Gasteiger partial charge in [0.2, 0.25) is 5.91 Å². The standard InChI is InChI=1S/C11H16N2OS/c1-2-4-8-11(14)13-9(7-12-8)10-5-3-6-15-10/h3,5-6,8-9,12H,2,4,7H2,1H3,(H,13,14). The Morgan fingerprint density at radius 2 is 2.47 bits per heavy atom. The molecule has 1 aliphatic rings. The predicted octanol–water partition coefficient (Wildman–Crippen LogP) is 1.68. The van der Waals surface area contributed by atoms with E-state index in [1.807, 2.05) is 11.4 Å². The van der Waals surface area contributed by atoms with Gasteiger partial charge in [-0.25, -0.2) is 0 Å². The zero-order valence-electron chi connectivity index (χ0n) is 8.82. The summed E-state index contributed by atoms with van der Waals surface area (Å²) in [6.07, 6.45) is 1.96. The summed E-state index contributed by atoms with van der Waals surface area (Å²) in [5.41, 5.74) is 0. The molecular formula is C11H16N2OS. The minimum absolute atomic E-state index is 0.00575. The number of amides is 1. The van der Waals surface area contributed by atoms with Gasteiger partial charge in [0.1, 0.15) is 0 Å². The van der Waals surface area contributed by atoms with Gasteiger partial charge in [0.05, 0.1) is 12.1 Å². The molecule has 2 unspecified atom stereocenters. The Hall–Kier alpha value is -0.870. The average molecular weight is 224 g/mol. The van der Waals surface area contributed by atoms with Crippen molar-refractivity contribution in [1.29, 1.82) is 0 Å². The Balaban J connectivity index is 1.97. The number of nitrogens with one attached hydrogen (secondary N) is 2. The number of carbonyl (C=O) groups excluding carboxylic acids is 1. The van der Waals surface area contributed by atoms with Gasteiger partial charge in [0.15, 0.2) is 0 Å². The summed E-state index contributed by atoms with van der Waals surface area (Å²) in [6, 6.07) is 4.25. The first-order chi connectivity index (χ1) is 7.31. The molecule has 2 atom stereocenters. The van der Waals surface area contributed by atoms with Crippen LogP contribution in [0.25, 0.3) is 0 Å². The largest absolute Gasteiger partial charge is 0.346 e. The summed E-state index contributed by atoms with van der Waals surface area (Å²) >= 11 is 1.69. The van der Waals surface area contributed by atoms with E-state index < -0.39 is 0 Å². The molecule has 0 aromatic carbocycles. The third kappa shape index (κ3) is 2.38. The van der Waals surface area contributed by atoms with Crippen molar-refractivity contribution in [2.24, 2.45) is 0 Å². The summed E-state index contributed by atoms with van der Waals surface area (Å²) in [4.78, 5) is 12.9. The Kier molecular flexibility index (Phi) is 3.38. The van der Waals surface area contributed by atoms with Crippen molar-refractivity contribution in [3.8, 4) is 0 Å². The van der Waals surface area contributed by atoms with Crippen molar-refractivity contribution < 1.29 is 4.79 Å². The van der Waals surface area contributed by atoms with Crippen LogP contribution >= 0.6 is 11.3 Å². The Morgan fingerprint density at radius 1 is 1.60 bits per heavy atom. The summed E-state index contributed by atoms with van der Waals surface area (Å²) < 4.78 is 0. The van der Waals surface area contributed by atoms with Gasteiger partial charge >= 0.3 is 0 Å². The van der Waals surface area contributed by atoms with Gasteiger partial charge in [-0.15, -0.1) is 11.3 Å². The third-order valence-electron chi connectivity index (χ3n) is 2.67. The van der Waals surface area contributed by atoms with Gasteiger partial charge in [0, 0.05) is 11.4 Å². The summed E-state index contributed by atoms with van der Waals surface area (Å²) in [5, 5.41) is 8.41. The smallest absolute Gasteiger partial charge is 0.237 e. The zero-order chi connectivity index (χ0) is 10.7. The van der Waals surface area contributed by atoms with Gasteiger partial charge in [-0.3, -0.25) is 4.79 Å². The molecule has 0 spiro atoms. The fourth-order valence-corrected chi connectivity index (χ4v) is 2.64. The molecule has 1 aromatic heterocycles. The number of piperazine rings is 1. The van der Waals surface area contributed by atoms with Crippen molar-refractivity contribution in [3.63, 3.8) is 0 Å². The van der Waals surface area contributed by atoms with E-state index in [-0.39, 0.29) is 18.0 Å². The third-order valence-corrected chi connectivity index (χ3v) is 3.65. The molecule has 4 heteroatoms. The van der Waals surface area contributed by atoms with Gasteiger partial charge in [0.25, 0.3) is 0 Å². The second-order valence-corrected chi connectivity index (χ2v) is 4.81. The molecule has 2 heterocycles. The highest BCUT2D eigenvalue weighted by Gasteiger charge is 2.27.